The number of carbonyl (C=O) groups excluding carboxylic acids is 4. The van der Waals surface area contributed by atoms with E-state index in [0.717, 1.165) is 0 Å². The van der Waals surface area contributed by atoms with E-state index in [4.69, 9.17) is 5.26 Å². The average molecular weight is 398 g/mol. The van der Waals surface area contributed by atoms with Gasteiger partial charge in [0.25, 0.3) is 6.26 Å². The number of aliphatic imine (C=N–C) groups is 1. The van der Waals surface area contributed by atoms with Crippen molar-refractivity contribution in [3.05, 3.63) is 0 Å². The van der Waals surface area contributed by atoms with Crippen LogP contribution in [0, 0.1) is 11.5 Å². The van der Waals surface area contributed by atoms with Crippen LogP contribution in [0.4, 0.5) is 4.79 Å². The first kappa shape index (κ1) is 24.9. The van der Waals surface area contributed by atoms with Crippen molar-refractivity contribution in [1.82, 2.24) is 10.6 Å². The number of ether oxygens (including phenoxy) is 3. The molecule has 156 valence electrons. The van der Waals surface area contributed by atoms with E-state index in [1.165, 1.54) is 20.3 Å². The summed E-state index contributed by atoms with van der Waals surface area (Å²) >= 11 is 0. The van der Waals surface area contributed by atoms with Crippen molar-refractivity contribution < 1.29 is 33.4 Å². The number of urea groups is 1. The second-order valence-corrected chi connectivity index (χ2v) is 5.67. The molecule has 28 heavy (non-hydrogen) atoms. The minimum atomic E-state index is -0.898. The molecule has 0 saturated carbocycles. The number of nitrogens with zero attached hydrogens (tertiary/aromatic N) is 2. The molecule has 0 aliphatic rings. The van der Waals surface area contributed by atoms with Gasteiger partial charge in [-0.05, 0) is 38.5 Å². The molecule has 0 aromatic rings. The Hall–Kier alpha value is -3.12. The highest BCUT2D eigenvalue weighted by Gasteiger charge is 2.21. The van der Waals surface area contributed by atoms with Crippen molar-refractivity contribution in [2.24, 2.45) is 4.99 Å². The quantitative estimate of drug-likeness (QED) is 0.141. The lowest BCUT2D eigenvalue weighted by Crippen LogP contribution is -2.46. The predicted molar refractivity (Wildman–Crippen MR) is 95.5 cm³/mol. The molecule has 0 radical (unpaired) electrons. The lowest BCUT2D eigenvalue weighted by molar-refractivity contribution is -0.143. The predicted octanol–water partition coefficient (Wildman–Crippen LogP) is 0.543. The molecular formula is C17H26N4O7. The van der Waals surface area contributed by atoms with Gasteiger partial charge in [-0.2, -0.15) is 10.3 Å². The minimum Gasteiger partial charge on any atom is -0.467 e. The van der Waals surface area contributed by atoms with Gasteiger partial charge in [0.05, 0.1) is 14.2 Å². The maximum absolute atomic E-state index is 11.9. The summed E-state index contributed by atoms with van der Waals surface area (Å²) in [6.45, 7) is 0.547. The number of esters is 2. The molecule has 0 aromatic carbocycles. The molecule has 0 aromatic heterocycles. The van der Waals surface area contributed by atoms with Crippen LogP contribution < -0.4 is 10.6 Å². The van der Waals surface area contributed by atoms with Crippen LogP contribution in [0.3, 0.4) is 0 Å². The fraction of sp³-hybridized carbons (Fsp3) is 0.706. The number of rotatable bonds is 14. The van der Waals surface area contributed by atoms with E-state index >= 15 is 0 Å². The van der Waals surface area contributed by atoms with E-state index in [1.54, 1.807) is 6.26 Å². The number of amides is 2. The molecule has 11 heteroatoms. The molecule has 0 aliphatic heterocycles. The molecule has 2 atom stereocenters. The number of carbonyl (C=O) groups is 3. The zero-order valence-electron chi connectivity index (χ0n) is 16.1. The molecule has 0 saturated heterocycles. The van der Waals surface area contributed by atoms with Crippen LogP contribution in [0.25, 0.3) is 0 Å². The summed E-state index contributed by atoms with van der Waals surface area (Å²) in [6, 6.07) is -2.23. The summed E-state index contributed by atoms with van der Waals surface area (Å²) in [5, 5.41) is 13.4. The molecule has 0 rings (SSSR count). The maximum Gasteiger partial charge on any atom is 0.331 e. The van der Waals surface area contributed by atoms with Crippen LogP contribution in [-0.2, 0) is 28.6 Å². The number of nitrogens with one attached hydrogen (secondary N) is 2. The molecular weight excluding hydrogens is 372 g/mol. The third kappa shape index (κ3) is 11.5. The maximum atomic E-state index is 11.9. The first-order valence-corrected chi connectivity index (χ1v) is 8.78. The number of isocyanates is 1. The van der Waals surface area contributed by atoms with E-state index in [1.807, 2.05) is 0 Å². The van der Waals surface area contributed by atoms with Crippen LogP contribution in [0.5, 0.6) is 0 Å². The minimum absolute atomic E-state index is 0.247. The van der Waals surface area contributed by atoms with Gasteiger partial charge in [-0.1, -0.05) is 0 Å². The smallest absolute Gasteiger partial charge is 0.331 e. The second-order valence-electron chi connectivity index (χ2n) is 5.67. The molecule has 0 heterocycles. The zero-order valence-corrected chi connectivity index (χ0v) is 16.1. The van der Waals surface area contributed by atoms with Gasteiger partial charge in [0, 0.05) is 6.54 Å². The van der Waals surface area contributed by atoms with Gasteiger partial charge in [0.1, 0.15) is 12.6 Å². The highest BCUT2D eigenvalue weighted by molar-refractivity contribution is 5.83. The van der Waals surface area contributed by atoms with Crippen LogP contribution in [0.2, 0.25) is 0 Å². The van der Waals surface area contributed by atoms with Gasteiger partial charge in [-0.15, -0.1) is 0 Å². The Kier molecular flexibility index (Phi) is 14.3. The number of methoxy groups -OCH3 is 2. The lowest BCUT2D eigenvalue weighted by atomic mass is 10.1. The summed E-state index contributed by atoms with van der Waals surface area (Å²) in [7, 11) is 2.43. The summed E-state index contributed by atoms with van der Waals surface area (Å²) in [5.41, 5.74) is 0. The Morgan fingerprint density at radius 2 is 1.71 bits per heavy atom. The summed E-state index contributed by atoms with van der Waals surface area (Å²) in [5.74, 6) is -1.18. The SMILES string of the molecule is COC(=O)C(CCCCNC(=O)NC(CCCCOC#N)C(=O)OC)N=C=O. The normalized spacial score (nSPS) is 11.8. The topological polar surface area (TPSA) is 156 Å². The average Bonchev–Trinajstić information content (AvgIpc) is 2.70. The van der Waals surface area contributed by atoms with Gasteiger partial charge >= 0.3 is 18.0 Å². The van der Waals surface area contributed by atoms with Gasteiger partial charge < -0.3 is 24.8 Å². The Balaban J connectivity index is 4.19. The zero-order chi connectivity index (χ0) is 21.2. The fourth-order valence-corrected chi connectivity index (χ4v) is 2.27. The number of unbranched alkanes of at least 4 members (excludes halogenated alkanes) is 2. The molecule has 2 unspecified atom stereocenters. The second kappa shape index (κ2) is 16.1. The molecule has 2 amide bonds. The van der Waals surface area contributed by atoms with Crippen molar-refractivity contribution in [2.45, 2.75) is 50.6 Å². The van der Waals surface area contributed by atoms with Crippen LogP contribution in [-0.4, -0.2) is 63.5 Å². The Morgan fingerprint density at radius 3 is 2.32 bits per heavy atom. The van der Waals surface area contributed by atoms with E-state index in [2.05, 4.69) is 29.8 Å². The lowest BCUT2D eigenvalue weighted by Gasteiger charge is -2.17. The third-order valence-corrected chi connectivity index (χ3v) is 3.72. The molecule has 0 spiro atoms. The number of nitriles is 1. The highest BCUT2D eigenvalue weighted by atomic mass is 16.5. The van der Waals surface area contributed by atoms with Gasteiger partial charge in [-0.25, -0.2) is 19.2 Å². The first-order valence-electron chi connectivity index (χ1n) is 8.78. The number of hydrogen-bond acceptors (Lipinski definition) is 9. The van der Waals surface area contributed by atoms with E-state index in [-0.39, 0.29) is 6.61 Å². The Labute approximate surface area is 163 Å². The van der Waals surface area contributed by atoms with Crippen molar-refractivity contribution in [3.8, 4) is 6.26 Å². The molecule has 0 bridgehead atoms. The number of hydrogen-bond donors (Lipinski definition) is 2. The highest BCUT2D eigenvalue weighted by Crippen LogP contribution is 2.06. The van der Waals surface area contributed by atoms with Crippen molar-refractivity contribution >= 4 is 24.0 Å². The largest absolute Gasteiger partial charge is 0.467 e. The molecule has 0 fully saturated rings. The van der Waals surface area contributed by atoms with E-state index in [0.29, 0.717) is 45.1 Å². The first-order chi connectivity index (χ1) is 13.5. The summed E-state index contributed by atoms with van der Waals surface area (Å²) in [4.78, 5) is 48.7. The summed E-state index contributed by atoms with van der Waals surface area (Å²) < 4.78 is 13.7. The van der Waals surface area contributed by atoms with Gasteiger partial charge in [-0.3, -0.25) is 0 Å². The van der Waals surface area contributed by atoms with Crippen molar-refractivity contribution in [2.75, 3.05) is 27.4 Å². The van der Waals surface area contributed by atoms with E-state index in [9.17, 15) is 19.2 Å². The van der Waals surface area contributed by atoms with Crippen LogP contribution in [0.15, 0.2) is 4.99 Å². The van der Waals surface area contributed by atoms with Crippen LogP contribution in [0.1, 0.15) is 38.5 Å². The van der Waals surface area contributed by atoms with Crippen molar-refractivity contribution in [1.29, 1.82) is 5.26 Å². The van der Waals surface area contributed by atoms with Gasteiger partial charge in [0.15, 0.2) is 6.04 Å². The van der Waals surface area contributed by atoms with Crippen molar-refractivity contribution in [3.63, 3.8) is 0 Å². The van der Waals surface area contributed by atoms with Gasteiger partial charge in [0.2, 0.25) is 6.08 Å². The summed E-state index contributed by atoms with van der Waals surface area (Å²) in [6.07, 6.45) is 5.71. The van der Waals surface area contributed by atoms with Crippen LogP contribution >= 0.6 is 0 Å². The Morgan fingerprint density at radius 1 is 1.04 bits per heavy atom. The fourth-order valence-electron chi connectivity index (χ4n) is 2.27. The molecule has 0 aliphatic carbocycles. The molecule has 11 nitrogen and oxygen atoms in total. The van der Waals surface area contributed by atoms with E-state index < -0.39 is 30.1 Å². The standard InChI is InChI=1S/C17H26N4O7/c1-26-15(23)13(20-12-22)7-3-5-9-19-17(25)21-14(16(24)27-2)8-4-6-10-28-11-18/h13-14H,3-10H2,1-2H3,(H2,19,21,25). The Bertz CT molecular complexity index is 585. The molecule has 2 N–H and O–H groups in total. The monoisotopic (exact) mass is 398 g/mol. The third-order valence-electron chi connectivity index (χ3n) is 3.72.